The quantitative estimate of drug-likeness (QED) is 0.770. The molecule has 0 spiro atoms. The van der Waals surface area contributed by atoms with E-state index in [1.165, 1.54) is 0 Å². The lowest BCUT2D eigenvalue weighted by Gasteiger charge is -2.48. The summed E-state index contributed by atoms with van der Waals surface area (Å²) in [6.45, 7) is 2.19. The molecular formula is C12H17N3O2. The highest BCUT2D eigenvalue weighted by molar-refractivity contribution is 5.68. The molecular weight excluding hydrogens is 218 g/mol. The molecule has 0 aromatic carbocycles. The fourth-order valence-corrected chi connectivity index (χ4v) is 2.16. The van der Waals surface area contributed by atoms with Gasteiger partial charge in [-0.05, 0) is 18.7 Å². The zero-order valence-electron chi connectivity index (χ0n) is 9.89. The lowest BCUT2D eigenvalue weighted by atomic mass is 9.86. The molecule has 0 atom stereocenters. The van der Waals surface area contributed by atoms with Gasteiger partial charge in [0.2, 0.25) is 0 Å². The summed E-state index contributed by atoms with van der Waals surface area (Å²) in [5.74, 6) is -0.746. The highest BCUT2D eigenvalue weighted by Gasteiger charge is 2.42. The summed E-state index contributed by atoms with van der Waals surface area (Å²) < 4.78 is 0. The van der Waals surface area contributed by atoms with Gasteiger partial charge in [0, 0.05) is 32.0 Å². The summed E-state index contributed by atoms with van der Waals surface area (Å²) in [6.07, 6.45) is 3.73. The Hall–Kier alpha value is -1.46. The summed E-state index contributed by atoms with van der Waals surface area (Å²) in [4.78, 5) is 17.1. The Bertz CT molecular complexity index is 390. The molecule has 1 saturated heterocycles. The lowest BCUT2D eigenvalue weighted by Crippen LogP contribution is -2.68. The minimum absolute atomic E-state index is 0.177. The Morgan fingerprint density at radius 2 is 2.41 bits per heavy atom. The average Bonchev–Trinajstić information content (AvgIpc) is 2.24. The predicted molar refractivity (Wildman–Crippen MR) is 63.6 cm³/mol. The van der Waals surface area contributed by atoms with Crippen LogP contribution < -0.4 is 5.32 Å². The first-order chi connectivity index (χ1) is 8.12. The van der Waals surface area contributed by atoms with Gasteiger partial charge in [0.25, 0.3) is 0 Å². The van der Waals surface area contributed by atoms with E-state index < -0.39 is 5.97 Å². The third-order valence-corrected chi connectivity index (χ3v) is 3.34. The van der Waals surface area contributed by atoms with Crippen LogP contribution in [0, 0.1) is 0 Å². The average molecular weight is 235 g/mol. The van der Waals surface area contributed by atoms with Crippen molar-refractivity contribution in [2.45, 2.75) is 18.5 Å². The molecule has 1 fully saturated rings. The number of nitrogens with one attached hydrogen (secondary N) is 1. The highest BCUT2D eigenvalue weighted by Crippen LogP contribution is 2.25. The van der Waals surface area contributed by atoms with Crippen LogP contribution in [0.5, 0.6) is 0 Å². The second-order valence-corrected chi connectivity index (χ2v) is 4.62. The van der Waals surface area contributed by atoms with Gasteiger partial charge >= 0.3 is 5.97 Å². The van der Waals surface area contributed by atoms with Crippen molar-refractivity contribution in [2.75, 3.05) is 20.1 Å². The molecule has 1 aliphatic heterocycles. The summed E-state index contributed by atoms with van der Waals surface area (Å²) >= 11 is 0. The van der Waals surface area contributed by atoms with Gasteiger partial charge < -0.3 is 10.4 Å². The molecule has 5 heteroatoms. The standard InChI is InChI=1S/C12H17N3O2/c1-15(7-10-3-2-4-13-6-10)12(5-11(16)17)8-14-9-12/h2-4,6,14H,5,7-9H2,1H3,(H,16,17). The van der Waals surface area contributed by atoms with E-state index in [0.717, 1.165) is 25.2 Å². The number of likely N-dealkylation sites (N-methyl/N-ethyl adjacent to an activating group) is 1. The smallest absolute Gasteiger partial charge is 0.305 e. The van der Waals surface area contributed by atoms with E-state index in [4.69, 9.17) is 5.11 Å². The zero-order valence-corrected chi connectivity index (χ0v) is 9.89. The van der Waals surface area contributed by atoms with Crippen LogP contribution in [0.25, 0.3) is 0 Å². The molecule has 0 bridgehead atoms. The summed E-state index contributed by atoms with van der Waals surface area (Å²) in [5, 5.41) is 12.1. The predicted octanol–water partition coefficient (Wildman–Crippen LogP) is 0.330. The maximum atomic E-state index is 10.9. The number of carboxylic acid groups (broad SMARTS) is 1. The van der Waals surface area contributed by atoms with Crippen LogP contribution in [0.2, 0.25) is 0 Å². The Morgan fingerprint density at radius 3 is 2.88 bits per heavy atom. The lowest BCUT2D eigenvalue weighted by molar-refractivity contribution is -0.141. The van der Waals surface area contributed by atoms with Crippen LogP contribution in [0.15, 0.2) is 24.5 Å². The molecule has 2 rings (SSSR count). The number of hydrogen-bond acceptors (Lipinski definition) is 4. The maximum absolute atomic E-state index is 10.9. The van der Waals surface area contributed by atoms with Crippen molar-refractivity contribution in [3.05, 3.63) is 30.1 Å². The Kier molecular flexibility index (Phi) is 3.40. The SMILES string of the molecule is CN(Cc1cccnc1)C1(CC(=O)O)CNC1. The van der Waals surface area contributed by atoms with Crippen molar-refractivity contribution in [3.63, 3.8) is 0 Å². The second-order valence-electron chi connectivity index (χ2n) is 4.62. The first-order valence-electron chi connectivity index (χ1n) is 5.65. The number of aromatic nitrogens is 1. The van der Waals surface area contributed by atoms with Crippen LogP contribution in [0.1, 0.15) is 12.0 Å². The van der Waals surface area contributed by atoms with E-state index in [9.17, 15) is 4.79 Å². The molecule has 2 N–H and O–H groups in total. The van der Waals surface area contributed by atoms with Crippen LogP contribution in [0.3, 0.4) is 0 Å². The number of nitrogens with zero attached hydrogens (tertiary/aromatic N) is 2. The zero-order chi connectivity index (χ0) is 12.3. The molecule has 0 saturated carbocycles. The van der Waals surface area contributed by atoms with Crippen LogP contribution in [-0.2, 0) is 11.3 Å². The summed E-state index contributed by atoms with van der Waals surface area (Å²) in [6, 6.07) is 3.90. The molecule has 0 amide bonds. The molecule has 1 aromatic heterocycles. The van der Waals surface area contributed by atoms with Crippen molar-refractivity contribution in [2.24, 2.45) is 0 Å². The van der Waals surface area contributed by atoms with E-state index in [2.05, 4.69) is 15.2 Å². The first kappa shape index (κ1) is 12.0. The Balaban J connectivity index is 2.03. The molecule has 5 nitrogen and oxygen atoms in total. The van der Waals surface area contributed by atoms with Crippen molar-refractivity contribution >= 4 is 5.97 Å². The van der Waals surface area contributed by atoms with E-state index >= 15 is 0 Å². The monoisotopic (exact) mass is 235 g/mol. The summed E-state index contributed by atoms with van der Waals surface area (Å²) in [7, 11) is 1.97. The van der Waals surface area contributed by atoms with E-state index in [0.29, 0.717) is 0 Å². The van der Waals surface area contributed by atoms with Gasteiger partial charge in [0.05, 0.1) is 12.0 Å². The Labute approximate surface area is 100 Å². The van der Waals surface area contributed by atoms with Crippen LogP contribution in [0.4, 0.5) is 0 Å². The molecule has 0 aliphatic carbocycles. The largest absolute Gasteiger partial charge is 0.481 e. The minimum Gasteiger partial charge on any atom is -0.481 e. The highest BCUT2D eigenvalue weighted by atomic mass is 16.4. The Morgan fingerprint density at radius 1 is 1.65 bits per heavy atom. The third-order valence-electron chi connectivity index (χ3n) is 3.34. The fraction of sp³-hybridized carbons (Fsp3) is 0.500. The normalized spacial score (nSPS) is 17.8. The van der Waals surface area contributed by atoms with Crippen LogP contribution in [-0.4, -0.2) is 46.6 Å². The van der Waals surface area contributed by atoms with Gasteiger partial charge in [-0.25, -0.2) is 0 Å². The van der Waals surface area contributed by atoms with Crippen molar-refractivity contribution in [3.8, 4) is 0 Å². The second kappa shape index (κ2) is 4.81. The van der Waals surface area contributed by atoms with Gasteiger partial charge in [-0.15, -0.1) is 0 Å². The van der Waals surface area contributed by atoms with Crippen LogP contribution >= 0.6 is 0 Å². The van der Waals surface area contributed by atoms with E-state index in [-0.39, 0.29) is 12.0 Å². The minimum atomic E-state index is -0.746. The third kappa shape index (κ3) is 2.62. The fourth-order valence-electron chi connectivity index (χ4n) is 2.16. The molecule has 1 aliphatic rings. The molecule has 1 aromatic rings. The molecule has 0 unspecified atom stereocenters. The van der Waals surface area contributed by atoms with Crippen molar-refractivity contribution in [1.29, 1.82) is 0 Å². The molecule has 2 heterocycles. The molecule has 17 heavy (non-hydrogen) atoms. The number of hydrogen-bond donors (Lipinski definition) is 2. The maximum Gasteiger partial charge on any atom is 0.305 e. The number of carbonyl (C=O) groups is 1. The van der Waals surface area contributed by atoms with Gasteiger partial charge in [-0.1, -0.05) is 6.07 Å². The number of aliphatic carboxylic acids is 1. The van der Waals surface area contributed by atoms with Gasteiger partial charge in [0.15, 0.2) is 0 Å². The van der Waals surface area contributed by atoms with Gasteiger partial charge in [-0.2, -0.15) is 0 Å². The number of rotatable bonds is 5. The van der Waals surface area contributed by atoms with Crippen molar-refractivity contribution in [1.82, 2.24) is 15.2 Å². The van der Waals surface area contributed by atoms with Crippen molar-refractivity contribution < 1.29 is 9.90 Å². The van der Waals surface area contributed by atoms with Gasteiger partial charge in [0.1, 0.15) is 0 Å². The molecule has 0 radical (unpaired) electrons. The number of pyridine rings is 1. The van der Waals surface area contributed by atoms with Gasteiger partial charge in [-0.3, -0.25) is 14.7 Å². The van der Waals surface area contributed by atoms with E-state index in [1.807, 2.05) is 25.4 Å². The first-order valence-corrected chi connectivity index (χ1v) is 5.65. The molecule has 92 valence electrons. The van der Waals surface area contributed by atoms with E-state index in [1.54, 1.807) is 6.20 Å². The summed E-state index contributed by atoms with van der Waals surface area (Å²) in [5.41, 5.74) is 0.855. The topological polar surface area (TPSA) is 65.5 Å². The number of carboxylic acids is 1.